The van der Waals surface area contributed by atoms with Crippen molar-refractivity contribution < 1.29 is 9.53 Å². The summed E-state index contributed by atoms with van der Waals surface area (Å²) in [5.41, 5.74) is 7.18. The Bertz CT molecular complexity index is 534. The third kappa shape index (κ3) is 2.83. The van der Waals surface area contributed by atoms with Gasteiger partial charge < -0.3 is 20.7 Å². The Morgan fingerprint density at radius 2 is 2.43 bits per heavy atom. The molecule has 5 heteroatoms. The largest absolute Gasteiger partial charge is 0.494 e. The van der Waals surface area contributed by atoms with Crippen molar-refractivity contribution in [3.05, 3.63) is 29.8 Å². The summed E-state index contributed by atoms with van der Waals surface area (Å²) in [6.45, 7) is 4.59. The predicted octanol–water partition coefficient (Wildman–Crippen LogP) is 1.72. The first-order chi connectivity index (χ1) is 10.1. The molecule has 1 aliphatic carbocycles. The molecule has 1 aliphatic heterocycles. The Morgan fingerprint density at radius 3 is 3.05 bits per heavy atom. The number of carbonyl (C=O) groups is 1. The second-order valence-electron chi connectivity index (χ2n) is 6.09. The third-order valence-corrected chi connectivity index (χ3v) is 4.64. The normalized spacial score (nSPS) is 27.0. The first kappa shape index (κ1) is 14.2. The van der Waals surface area contributed by atoms with Gasteiger partial charge in [-0.15, -0.1) is 0 Å². The van der Waals surface area contributed by atoms with Gasteiger partial charge in [0.05, 0.1) is 6.61 Å². The molecule has 2 aliphatic rings. The van der Waals surface area contributed by atoms with Crippen LogP contribution >= 0.6 is 0 Å². The van der Waals surface area contributed by atoms with Gasteiger partial charge in [-0.05, 0) is 43.4 Å². The lowest BCUT2D eigenvalue weighted by molar-refractivity contribution is 0.187. The quantitative estimate of drug-likeness (QED) is 0.887. The molecule has 0 aromatic heterocycles. The topological polar surface area (TPSA) is 67.6 Å². The van der Waals surface area contributed by atoms with Crippen molar-refractivity contribution in [1.29, 1.82) is 0 Å². The van der Waals surface area contributed by atoms with Crippen LogP contribution in [-0.2, 0) is 6.54 Å². The number of benzene rings is 1. The highest BCUT2D eigenvalue weighted by Crippen LogP contribution is 2.42. The van der Waals surface area contributed by atoms with Gasteiger partial charge in [-0.2, -0.15) is 0 Å². The molecule has 114 valence electrons. The van der Waals surface area contributed by atoms with E-state index in [9.17, 15) is 4.79 Å². The molecule has 21 heavy (non-hydrogen) atoms. The minimum Gasteiger partial charge on any atom is -0.494 e. The second-order valence-corrected chi connectivity index (χ2v) is 6.09. The first-order valence-electron chi connectivity index (χ1n) is 7.64. The molecule has 1 saturated carbocycles. The molecule has 1 saturated heterocycles. The van der Waals surface area contributed by atoms with E-state index in [0.29, 0.717) is 25.6 Å². The van der Waals surface area contributed by atoms with Crippen LogP contribution < -0.4 is 15.8 Å². The van der Waals surface area contributed by atoms with Crippen LogP contribution in [0.25, 0.3) is 0 Å². The molecule has 3 N–H and O–H groups in total. The number of rotatable bonds is 4. The van der Waals surface area contributed by atoms with Crippen LogP contribution in [0, 0.1) is 5.92 Å². The molecule has 0 radical (unpaired) electrons. The standard InChI is InChI=1S/C16H23N3O2/c1-2-21-14-5-3-4-12(8-14)9-18-15(20)19-10-13-6-7-16(13,17)11-19/h3-5,8,13H,2,6-7,9-11,17H2,1H3,(H,18,20)/t13-,16-/m0/s1. The van der Waals surface area contributed by atoms with Gasteiger partial charge in [-0.3, -0.25) is 0 Å². The van der Waals surface area contributed by atoms with Crippen molar-refractivity contribution in [2.75, 3.05) is 19.7 Å². The molecule has 3 rings (SSSR count). The van der Waals surface area contributed by atoms with E-state index < -0.39 is 0 Å². The zero-order valence-corrected chi connectivity index (χ0v) is 12.5. The van der Waals surface area contributed by atoms with Crippen LogP contribution in [-0.4, -0.2) is 36.2 Å². The van der Waals surface area contributed by atoms with Crippen LogP contribution in [0.3, 0.4) is 0 Å². The number of hydrogen-bond acceptors (Lipinski definition) is 3. The zero-order chi connectivity index (χ0) is 14.9. The van der Waals surface area contributed by atoms with Gasteiger partial charge in [0, 0.05) is 25.2 Å². The lowest BCUT2D eigenvalue weighted by Gasteiger charge is -2.39. The number of carbonyl (C=O) groups excluding carboxylic acids is 1. The van der Waals surface area contributed by atoms with Crippen LogP contribution in [0.1, 0.15) is 25.3 Å². The molecule has 1 heterocycles. The van der Waals surface area contributed by atoms with Crippen LogP contribution in [0.15, 0.2) is 24.3 Å². The minimum atomic E-state index is -0.119. The second kappa shape index (κ2) is 5.56. The Morgan fingerprint density at radius 1 is 1.57 bits per heavy atom. The lowest BCUT2D eigenvalue weighted by atomic mass is 9.70. The number of nitrogens with zero attached hydrogens (tertiary/aromatic N) is 1. The summed E-state index contributed by atoms with van der Waals surface area (Å²) in [6.07, 6.45) is 2.19. The van der Waals surface area contributed by atoms with Crippen LogP contribution in [0.5, 0.6) is 5.75 Å². The minimum absolute atomic E-state index is 0.0176. The number of ether oxygens (including phenoxy) is 1. The van der Waals surface area contributed by atoms with E-state index in [2.05, 4.69) is 5.32 Å². The molecule has 0 bridgehead atoms. The molecular weight excluding hydrogens is 266 g/mol. The summed E-state index contributed by atoms with van der Waals surface area (Å²) in [5.74, 6) is 1.33. The molecule has 2 fully saturated rings. The van der Waals surface area contributed by atoms with Gasteiger partial charge >= 0.3 is 6.03 Å². The SMILES string of the molecule is CCOc1cccc(CNC(=O)N2C[C@@H]3CC[C@]3(N)C2)c1. The van der Waals surface area contributed by atoms with Crippen molar-refractivity contribution in [2.45, 2.75) is 31.8 Å². The Labute approximate surface area is 125 Å². The monoisotopic (exact) mass is 289 g/mol. The maximum absolute atomic E-state index is 12.2. The van der Waals surface area contributed by atoms with E-state index in [1.54, 1.807) is 0 Å². The average Bonchev–Trinajstić information content (AvgIpc) is 2.70. The van der Waals surface area contributed by atoms with E-state index in [1.165, 1.54) is 0 Å². The van der Waals surface area contributed by atoms with Gasteiger partial charge in [0.2, 0.25) is 0 Å². The number of urea groups is 1. The van der Waals surface area contributed by atoms with Crippen molar-refractivity contribution in [3.8, 4) is 5.75 Å². The van der Waals surface area contributed by atoms with Crippen molar-refractivity contribution >= 4 is 6.03 Å². The van der Waals surface area contributed by atoms with Crippen molar-refractivity contribution in [1.82, 2.24) is 10.2 Å². The summed E-state index contributed by atoms with van der Waals surface area (Å²) < 4.78 is 5.46. The zero-order valence-electron chi connectivity index (χ0n) is 12.5. The maximum atomic E-state index is 12.2. The predicted molar refractivity (Wildman–Crippen MR) is 81.1 cm³/mol. The molecule has 0 spiro atoms. The van der Waals surface area contributed by atoms with Crippen molar-refractivity contribution in [3.63, 3.8) is 0 Å². The number of amides is 2. The van der Waals surface area contributed by atoms with Gasteiger partial charge in [-0.25, -0.2) is 4.79 Å². The first-order valence-corrected chi connectivity index (χ1v) is 7.64. The Balaban J connectivity index is 1.53. The average molecular weight is 289 g/mol. The van der Waals surface area contributed by atoms with Crippen LogP contribution in [0.2, 0.25) is 0 Å². The van der Waals surface area contributed by atoms with E-state index in [0.717, 1.165) is 30.7 Å². The number of fused-ring (bicyclic) bond motifs is 1. The highest BCUT2D eigenvalue weighted by molar-refractivity contribution is 5.75. The number of hydrogen-bond donors (Lipinski definition) is 2. The van der Waals surface area contributed by atoms with E-state index in [4.69, 9.17) is 10.5 Å². The van der Waals surface area contributed by atoms with Crippen LogP contribution in [0.4, 0.5) is 4.79 Å². The van der Waals surface area contributed by atoms with Gasteiger partial charge in [0.25, 0.3) is 0 Å². The number of nitrogens with two attached hydrogens (primary N) is 1. The lowest BCUT2D eigenvalue weighted by Crippen LogP contribution is -2.55. The summed E-state index contributed by atoms with van der Waals surface area (Å²) in [7, 11) is 0. The fourth-order valence-corrected chi connectivity index (χ4v) is 3.24. The summed E-state index contributed by atoms with van der Waals surface area (Å²) in [5, 5.41) is 2.97. The molecule has 0 unspecified atom stereocenters. The maximum Gasteiger partial charge on any atom is 0.317 e. The summed E-state index contributed by atoms with van der Waals surface area (Å²) >= 11 is 0. The highest BCUT2D eigenvalue weighted by atomic mass is 16.5. The summed E-state index contributed by atoms with van der Waals surface area (Å²) in [4.78, 5) is 14.1. The van der Waals surface area contributed by atoms with Crippen molar-refractivity contribution in [2.24, 2.45) is 11.7 Å². The van der Waals surface area contributed by atoms with Gasteiger partial charge in [0.15, 0.2) is 0 Å². The summed E-state index contributed by atoms with van der Waals surface area (Å²) in [6, 6.07) is 7.79. The molecule has 5 nitrogen and oxygen atoms in total. The molecule has 2 amide bonds. The van der Waals surface area contributed by atoms with E-state index >= 15 is 0 Å². The number of likely N-dealkylation sites (tertiary alicyclic amines) is 1. The van der Waals surface area contributed by atoms with Gasteiger partial charge in [0.1, 0.15) is 5.75 Å². The van der Waals surface area contributed by atoms with E-state index in [-0.39, 0.29) is 11.6 Å². The van der Waals surface area contributed by atoms with E-state index in [1.807, 2.05) is 36.1 Å². The smallest absolute Gasteiger partial charge is 0.317 e. The molecule has 1 aromatic carbocycles. The molecule has 1 aromatic rings. The highest BCUT2D eigenvalue weighted by Gasteiger charge is 2.51. The fraction of sp³-hybridized carbons (Fsp3) is 0.562. The fourth-order valence-electron chi connectivity index (χ4n) is 3.24. The Kier molecular flexibility index (Phi) is 3.76. The molecular formula is C16H23N3O2. The molecule has 2 atom stereocenters. The van der Waals surface area contributed by atoms with Gasteiger partial charge in [-0.1, -0.05) is 12.1 Å². The Hall–Kier alpha value is -1.75. The third-order valence-electron chi connectivity index (χ3n) is 4.64. The number of nitrogens with one attached hydrogen (secondary N) is 1.